The van der Waals surface area contributed by atoms with E-state index in [1.807, 2.05) is 12.4 Å². The Labute approximate surface area is 207 Å². The van der Waals surface area contributed by atoms with E-state index in [-0.39, 0.29) is 0 Å². The quantitative estimate of drug-likeness (QED) is 0.329. The summed E-state index contributed by atoms with van der Waals surface area (Å²) in [7, 11) is 1.69. The van der Waals surface area contributed by atoms with E-state index >= 15 is 0 Å². The number of pyridine rings is 1. The average molecular weight is 483 g/mol. The van der Waals surface area contributed by atoms with Crippen LogP contribution in [0.3, 0.4) is 0 Å². The highest BCUT2D eigenvalue weighted by Gasteiger charge is 2.25. The van der Waals surface area contributed by atoms with Gasteiger partial charge in [0.25, 0.3) is 0 Å². The maximum Gasteiger partial charge on any atom is 0.326 e. The highest BCUT2D eigenvalue weighted by atomic mass is 16.5. The zero-order valence-electron chi connectivity index (χ0n) is 20.7. The van der Waals surface area contributed by atoms with Crippen molar-refractivity contribution < 1.29 is 14.6 Å². The molecule has 1 aliphatic carbocycles. The van der Waals surface area contributed by atoms with Crippen LogP contribution in [-0.4, -0.2) is 76.9 Å². The number of aryl methyl sites for hydroxylation is 2. The molecule has 1 atom stereocenters. The van der Waals surface area contributed by atoms with Crippen LogP contribution >= 0.6 is 0 Å². The number of hydrogen-bond donors (Lipinski definition) is 3. The Kier molecular flexibility index (Phi) is 9.25. The first-order valence-corrected chi connectivity index (χ1v) is 12.9. The van der Waals surface area contributed by atoms with Crippen molar-refractivity contribution in [3.63, 3.8) is 0 Å². The van der Waals surface area contributed by atoms with Crippen LogP contribution in [0.4, 0.5) is 11.8 Å². The Bertz CT molecular complexity index is 951. The molecule has 2 aliphatic rings. The first-order chi connectivity index (χ1) is 17.1. The van der Waals surface area contributed by atoms with Gasteiger partial charge < -0.3 is 25.4 Å². The Morgan fingerprint density at radius 1 is 1.23 bits per heavy atom. The summed E-state index contributed by atoms with van der Waals surface area (Å²) in [5, 5.41) is 16.1. The van der Waals surface area contributed by atoms with E-state index in [9.17, 15) is 9.90 Å². The van der Waals surface area contributed by atoms with Crippen molar-refractivity contribution >= 4 is 17.7 Å². The minimum absolute atomic E-state index is 0.372. The highest BCUT2D eigenvalue weighted by Crippen LogP contribution is 2.39. The number of carbonyl (C=O) groups is 1. The van der Waals surface area contributed by atoms with Gasteiger partial charge >= 0.3 is 5.97 Å². The number of aliphatic carboxylic acids is 1. The number of unbranched alkanes of at least 4 members (excludes halogenated alkanes) is 1. The van der Waals surface area contributed by atoms with Crippen LogP contribution in [0.25, 0.3) is 0 Å². The van der Waals surface area contributed by atoms with Gasteiger partial charge in [0.05, 0.1) is 6.61 Å². The molecule has 0 saturated heterocycles. The normalized spacial score (nSPS) is 15.9. The molecule has 2 aromatic rings. The molecular weight excluding hydrogens is 444 g/mol. The molecule has 190 valence electrons. The van der Waals surface area contributed by atoms with E-state index in [0.717, 1.165) is 62.4 Å². The predicted octanol–water partition coefficient (Wildman–Crippen LogP) is 3.33. The molecule has 0 amide bonds. The summed E-state index contributed by atoms with van der Waals surface area (Å²) in [6.07, 6.45) is 11.7. The van der Waals surface area contributed by atoms with Crippen LogP contribution in [0, 0.1) is 0 Å². The topological polar surface area (TPSA) is 113 Å². The Balaban J connectivity index is 1.23. The van der Waals surface area contributed by atoms with Gasteiger partial charge in [-0.2, -0.15) is 0 Å². The number of carboxylic acid groups (broad SMARTS) is 1. The van der Waals surface area contributed by atoms with Gasteiger partial charge in [0.15, 0.2) is 0 Å². The van der Waals surface area contributed by atoms with E-state index in [0.29, 0.717) is 31.4 Å². The molecule has 4 rings (SSSR count). The minimum Gasteiger partial charge on any atom is -0.480 e. The fraction of sp³-hybridized carbons (Fsp3) is 0.615. The summed E-state index contributed by atoms with van der Waals surface area (Å²) in [5.41, 5.74) is 3.58. The number of rotatable bonds is 15. The van der Waals surface area contributed by atoms with Gasteiger partial charge in [0.1, 0.15) is 11.9 Å². The molecule has 9 nitrogen and oxygen atoms in total. The maximum absolute atomic E-state index is 11.9. The second-order valence-corrected chi connectivity index (χ2v) is 9.57. The van der Waals surface area contributed by atoms with E-state index in [4.69, 9.17) is 9.72 Å². The summed E-state index contributed by atoms with van der Waals surface area (Å²) in [5.74, 6) is 1.11. The van der Waals surface area contributed by atoms with E-state index in [1.165, 1.54) is 24.8 Å². The molecule has 0 spiro atoms. The number of methoxy groups -OCH3 is 1. The molecule has 1 unspecified atom stereocenters. The first kappa shape index (κ1) is 25.3. The smallest absolute Gasteiger partial charge is 0.326 e. The third-order valence-corrected chi connectivity index (χ3v) is 6.78. The summed E-state index contributed by atoms with van der Waals surface area (Å²) in [6, 6.07) is 3.62. The monoisotopic (exact) mass is 482 g/mol. The summed E-state index contributed by atoms with van der Waals surface area (Å²) >= 11 is 0. The van der Waals surface area contributed by atoms with Crippen molar-refractivity contribution in [2.24, 2.45) is 0 Å². The lowest BCUT2D eigenvalue weighted by molar-refractivity contribution is -0.138. The van der Waals surface area contributed by atoms with Crippen LogP contribution in [0.15, 0.2) is 24.5 Å². The van der Waals surface area contributed by atoms with Crippen molar-refractivity contribution in [3.8, 4) is 0 Å². The molecule has 1 fully saturated rings. The van der Waals surface area contributed by atoms with Crippen molar-refractivity contribution in [3.05, 3.63) is 41.3 Å². The van der Waals surface area contributed by atoms with Crippen LogP contribution in [0.2, 0.25) is 0 Å². The lowest BCUT2D eigenvalue weighted by Crippen LogP contribution is -2.37. The third kappa shape index (κ3) is 7.86. The molecule has 1 saturated carbocycles. The van der Waals surface area contributed by atoms with Gasteiger partial charge in [-0.15, -0.1) is 0 Å². The lowest BCUT2D eigenvalue weighted by atomic mass is 10.1. The number of hydrogen-bond acceptors (Lipinski definition) is 8. The second-order valence-electron chi connectivity index (χ2n) is 9.57. The third-order valence-electron chi connectivity index (χ3n) is 6.78. The maximum atomic E-state index is 11.9. The molecule has 2 aromatic heterocycles. The summed E-state index contributed by atoms with van der Waals surface area (Å²) in [6.45, 7) is 3.95. The molecule has 3 N–H and O–H groups in total. The summed E-state index contributed by atoms with van der Waals surface area (Å²) in [4.78, 5) is 27.6. The van der Waals surface area contributed by atoms with Crippen LogP contribution in [0.1, 0.15) is 61.3 Å². The van der Waals surface area contributed by atoms with Gasteiger partial charge in [0.2, 0.25) is 5.95 Å². The highest BCUT2D eigenvalue weighted by molar-refractivity contribution is 5.76. The number of fused-ring (bicyclic) bond motifs is 1. The fourth-order valence-electron chi connectivity index (χ4n) is 4.47. The van der Waals surface area contributed by atoms with Gasteiger partial charge in [-0.05, 0) is 81.0 Å². The van der Waals surface area contributed by atoms with Crippen molar-refractivity contribution in [1.82, 2.24) is 19.9 Å². The zero-order chi connectivity index (χ0) is 24.5. The number of anilines is 2. The largest absolute Gasteiger partial charge is 0.480 e. The second kappa shape index (κ2) is 12.8. The van der Waals surface area contributed by atoms with E-state index in [1.54, 1.807) is 7.11 Å². The first-order valence-electron chi connectivity index (χ1n) is 12.9. The Morgan fingerprint density at radius 3 is 2.80 bits per heavy atom. The standard InChI is InChI=1S/C26H38N6O3/c1-35-16-15-32(13-3-2-6-22-10-9-20-5-4-12-27-24(20)30-22)14-11-23(25(33)34)31-26-28-17-21(18-29-26)19-7-8-19/h9-10,17-19,23H,2-8,11-16H2,1H3,(H,27,30)(H,33,34)(H,28,29,31). The van der Waals surface area contributed by atoms with Crippen LogP contribution < -0.4 is 10.6 Å². The minimum atomic E-state index is -0.890. The lowest BCUT2D eigenvalue weighted by Gasteiger charge is -2.24. The van der Waals surface area contributed by atoms with Crippen LogP contribution in [-0.2, 0) is 22.4 Å². The molecule has 0 radical (unpaired) electrons. The number of aromatic nitrogens is 3. The van der Waals surface area contributed by atoms with Gasteiger partial charge in [-0.1, -0.05) is 6.07 Å². The summed E-state index contributed by atoms with van der Waals surface area (Å²) < 4.78 is 5.28. The molecule has 9 heteroatoms. The van der Waals surface area contributed by atoms with E-state index in [2.05, 4.69) is 37.6 Å². The van der Waals surface area contributed by atoms with E-state index < -0.39 is 12.0 Å². The number of carboxylic acids is 1. The SMILES string of the molecule is COCCN(CCCCc1ccc2c(n1)NCCC2)CCC(Nc1ncc(C2CC2)cn1)C(=O)O. The molecule has 1 aliphatic heterocycles. The predicted molar refractivity (Wildman–Crippen MR) is 136 cm³/mol. The molecule has 3 heterocycles. The average Bonchev–Trinajstić information content (AvgIpc) is 3.72. The fourth-order valence-corrected chi connectivity index (χ4v) is 4.47. The van der Waals surface area contributed by atoms with Crippen molar-refractivity contribution in [2.45, 2.75) is 63.3 Å². The van der Waals surface area contributed by atoms with Crippen LogP contribution in [0.5, 0.6) is 0 Å². The number of ether oxygens (including phenoxy) is 1. The molecule has 0 aromatic carbocycles. The number of nitrogens with one attached hydrogen (secondary N) is 2. The van der Waals surface area contributed by atoms with Gasteiger partial charge in [0, 0.05) is 44.8 Å². The van der Waals surface area contributed by atoms with Gasteiger partial charge in [-0.25, -0.2) is 19.7 Å². The Hall–Kier alpha value is -2.78. The molecular formula is C26H38N6O3. The van der Waals surface area contributed by atoms with Gasteiger partial charge in [-0.3, -0.25) is 0 Å². The molecule has 35 heavy (non-hydrogen) atoms. The van der Waals surface area contributed by atoms with Crippen molar-refractivity contribution in [1.29, 1.82) is 0 Å². The number of nitrogens with zero attached hydrogens (tertiary/aromatic N) is 4. The van der Waals surface area contributed by atoms with Crippen molar-refractivity contribution in [2.75, 3.05) is 50.5 Å². The Morgan fingerprint density at radius 2 is 2.06 bits per heavy atom. The molecule has 0 bridgehead atoms. The zero-order valence-corrected chi connectivity index (χ0v) is 20.7.